The molecule has 0 aromatic heterocycles. The molecule has 0 spiro atoms. The van der Waals surface area contributed by atoms with Gasteiger partial charge in [-0.25, -0.2) is 0 Å². The van der Waals surface area contributed by atoms with Crippen LogP contribution in [0.15, 0.2) is 34.8 Å². The fourth-order valence-electron chi connectivity index (χ4n) is 1.26. The molecule has 0 saturated carbocycles. The molecular formula is C12H14BrClO. The van der Waals surface area contributed by atoms with E-state index in [0.717, 1.165) is 22.0 Å². The number of aliphatic hydroxyl groups is 1. The molecule has 0 fully saturated rings. The lowest BCUT2D eigenvalue weighted by molar-refractivity contribution is 0.177. The zero-order valence-corrected chi connectivity index (χ0v) is 11.0. The highest BCUT2D eigenvalue weighted by Crippen LogP contribution is 2.28. The molecule has 1 unspecified atom stereocenters. The van der Waals surface area contributed by atoms with Crippen LogP contribution in [0.1, 0.15) is 31.4 Å². The van der Waals surface area contributed by atoms with Crippen molar-refractivity contribution in [3.8, 4) is 0 Å². The zero-order valence-electron chi connectivity index (χ0n) is 8.63. The first-order valence-corrected chi connectivity index (χ1v) is 6.01. The number of hydrogen-bond donors (Lipinski definition) is 1. The molecule has 1 aromatic carbocycles. The fraction of sp³-hybridized carbons (Fsp3) is 0.333. The first-order valence-electron chi connectivity index (χ1n) is 4.84. The van der Waals surface area contributed by atoms with E-state index in [1.807, 2.05) is 19.1 Å². The lowest BCUT2D eigenvalue weighted by atomic mass is 10.0. The van der Waals surface area contributed by atoms with Gasteiger partial charge in [0.05, 0.1) is 11.1 Å². The molecule has 0 saturated heterocycles. The van der Waals surface area contributed by atoms with Crippen LogP contribution < -0.4 is 0 Å². The molecule has 1 aromatic rings. The summed E-state index contributed by atoms with van der Waals surface area (Å²) >= 11 is 9.20. The second kappa shape index (κ2) is 5.69. The summed E-state index contributed by atoms with van der Waals surface area (Å²) in [5, 5.41) is 10.6. The van der Waals surface area contributed by atoms with Crippen molar-refractivity contribution < 1.29 is 5.11 Å². The van der Waals surface area contributed by atoms with Gasteiger partial charge in [-0.05, 0) is 46.5 Å². The van der Waals surface area contributed by atoms with E-state index >= 15 is 0 Å². The SMILES string of the molecule is C=C(CC)CC(O)c1ccc(Cl)c(Br)c1. The molecule has 0 heterocycles. The Balaban J connectivity index is 2.78. The molecule has 1 nitrogen and oxygen atoms in total. The molecule has 0 aliphatic carbocycles. The van der Waals surface area contributed by atoms with Crippen molar-refractivity contribution in [1.82, 2.24) is 0 Å². The molecular weight excluding hydrogens is 275 g/mol. The Morgan fingerprint density at radius 3 is 2.80 bits per heavy atom. The van der Waals surface area contributed by atoms with Crippen molar-refractivity contribution in [2.75, 3.05) is 0 Å². The third-order valence-corrected chi connectivity index (χ3v) is 3.52. The van der Waals surface area contributed by atoms with Crippen molar-refractivity contribution in [2.45, 2.75) is 25.9 Å². The van der Waals surface area contributed by atoms with Gasteiger partial charge >= 0.3 is 0 Å². The number of aliphatic hydroxyl groups excluding tert-OH is 1. The summed E-state index contributed by atoms with van der Waals surface area (Å²) in [6, 6.07) is 5.45. The predicted molar refractivity (Wildman–Crippen MR) is 68.2 cm³/mol. The molecule has 0 aliphatic heterocycles. The highest BCUT2D eigenvalue weighted by Gasteiger charge is 2.09. The molecule has 0 radical (unpaired) electrons. The largest absolute Gasteiger partial charge is 0.388 e. The van der Waals surface area contributed by atoms with E-state index in [4.69, 9.17) is 11.6 Å². The Morgan fingerprint density at radius 2 is 2.27 bits per heavy atom. The quantitative estimate of drug-likeness (QED) is 0.810. The molecule has 0 bridgehead atoms. The van der Waals surface area contributed by atoms with E-state index in [-0.39, 0.29) is 0 Å². The summed E-state index contributed by atoms with van der Waals surface area (Å²) in [7, 11) is 0. The minimum atomic E-state index is -0.494. The van der Waals surface area contributed by atoms with E-state index in [2.05, 4.69) is 22.5 Å². The standard InChI is InChI=1S/C12H14BrClO/c1-3-8(2)6-12(15)9-4-5-11(14)10(13)7-9/h4-5,7,12,15H,2-3,6H2,1H3. The summed E-state index contributed by atoms with van der Waals surface area (Å²) in [4.78, 5) is 0. The van der Waals surface area contributed by atoms with Crippen LogP contribution in [0.2, 0.25) is 5.02 Å². The van der Waals surface area contributed by atoms with Crippen molar-refractivity contribution in [1.29, 1.82) is 0 Å². The lowest BCUT2D eigenvalue weighted by Gasteiger charge is -2.12. The number of benzene rings is 1. The van der Waals surface area contributed by atoms with Gasteiger partial charge in [0.2, 0.25) is 0 Å². The van der Waals surface area contributed by atoms with Gasteiger partial charge < -0.3 is 5.11 Å². The van der Waals surface area contributed by atoms with Crippen molar-refractivity contribution in [3.05, 3.63) is 45.4 Å². The number of rotatable bonds is 4. The van der Waals surface area contributed by atoms with Crippen LogP contribution >= 0.6 is 27.5 Å². The van der Waals surface area contributed by atoms with Crippen molar-refractivity contribution >= 4 is 27.5 Å². The first-order chi connectivity index (χ1) is 7.04. The van der Waals surface area contributed by atoms with E-state index < -0.39 is 6.10 Å². The first kappa shape index (κ1) is 12.8. The minimum Gasteiger partial charge on any atom is -0.388 e. The summed E-state index contributed by atoms with van der Waals surface area (Å²) in [5.41, 5.74) is 1.91. The predicted octanol–water partition coefficient (Wildman–Crippen LogP) is 4.49. The van der Waals surface area contributed by atoms with Gasteiger partial charge in [0.15, 0.2) is 0 Å². The van der Waals surface area contributed by atoms with Crippen LogP contribution in [-0.4, -0.2) is 5.11 Å². The van der Waals surface area contributed by atoms with Gasteiger partial charge in [0.25, 0.3) is 0 Å². The van der Waals surface area contributed by atoms with E-state index in [0.29, 0.717) is 11.4 Å². The second-order valence-corrected chi connectivity index (χ2v) is 4.76. The Morgan fingerprint density at radius 1 is 1.60 bits per heavy atom. The summed E-state index contributed by atoms with van der Waals surface area (Å²) in [6.07, 6.45) is 1.00. The fourth-order valence-corrected chi connectivity index (χ4v) is 1.77. The van der Waals surface area contributed by atoms with Crippen LogP contribution in [0, 0.1) is 0 Å². The average molecular weight is 290 g/mol. The molecule has 3 heteroatoms. The summed E-state index contributed by atoms with van der Waals surface area (Å²) < 4.78 is 0.808. The van der Waals surface area contributed by atoms with Crippen molar-refractivity contribution in [2.24, 2.45) is 0 Å². The molecule has 0 aliphatic rings. The van der Waals surface area contributed by atoms with Gasteiger partial charge in [0.1, 0.15) is 0 Å². The second-order valence-electron chi connectivity index (χ2n) is 3.50. The molecule has 15 heavy (non-hydrogen) atoms. The zero-order chi connectivity index (χ0) is 11.4. The molecule has 1 atom stereocenters. The van der Waals surface area contributed by atoms with Gasteiger partial charge in [0, 0.05) is 4.47 Å². The maximum atomic E-state index is 9.91. The Kier molecular flexibility index (Phi) is 4.84. The molecule has 1 rings (SSSR count). The monoisotopic (exact) mass is 288 g/mol. The van der Waals surface area contributed by atoms with E-state index in [9.17, 15) is 5.11 Å². The lowest BCUT2D eigenvalue weighted by Crippen LogP contribution is -1.98. The third-order valence-electron chi connectivity index (χ3n) is 2.31. The van der Waals surface area contributed by atoms with Crippen LogP contribution in [0.5, 0.6) is 0 Å². The Hall–Kier alpha value is -0.310. The van der Waals surface area contributed by atoms with Gasteiger partial charge in [-0.2, -0.15) is 0 Å². The number of hydrogen-bond acceptors (Lipinski definition) is 1. The average Bonchev–Trinajstić information content (AvgIpc) is 2.21. The number of halogens is 2. The Bertz CT molecular complexity index is 363. The molecule has 82 valence electrons. The van der Waals surface area contributed by atoms with Gasteiger partial charge in [-0.1, -0.05) is 36.7 Å². The van der Waals surface area contributed by atoms with E-state index in [1.165, 1.54) is 0 Å². The van der Waals surface area contributed by atoms with Crippen molar-refractivity contribution in [3.63, 3.8) is 0 Å². The van der Waals surface area contributed by atoms with E-state index in [1.54, 1.807) is 6.07 Å². The molecule has 1 N–H and O–H groups in total. The normalized spacial score (nSPS) is 12.5. The Labute approximate surface area is 104 Å². The smallest absolute Gasteiger partial charge is 0.0827 e. The molecule has 0 amide bonds. The maximum Gasteiger partial charge on any atom is 0.0827 e. The summed E-state index contributed by atoms with van der Waals surface area (Å²) in [6.45, 7) is 5.92. The van der Waals surface area contributed by atoms with Crippen LogP contribution in [0.3, 0.4) is 0 Å². The van der Waals surface area contributed by atoms with Crippen LogP contribution in [0.25, 0.3) is 0 Å². The van der Waals surface area contributed by atoms with Crippen LogP contribution in [0.4, 0.5) is 0 Å². The highest BCUT2D eigenvalue weighted by atomic mass is 79.9. The van der Waals surface area contributed by atoms with Gasteiger partial charge in [-0.15, -0.1) is 0 Å². The maximum absolute atomic E-state index is 9.91. The minimum absolute atomic E-state index is 0.494. The van der Waals surface area contributed by atoms with Gasteiger partial charge in [-0.3, -0.25) is 0 Å². The highest BCUT2D eigenvalue weighted by molar-refractivity contribution is 9.10. The summed E-state index contributed by atoms with van der Waals surface area (Å²) in [5.74, 6) is 0. The topological polar surface area (TPSA) is 20.2 Å². The van der Waals surface area contributed by atoms with Crippen LogP contribution in [-0.2, 0) is 0 Å². The third kappa shape index (κ3) is 3.63.